The molecule has 29 heavy (non-hydrogen) atoms. The third-order valence-electron chi connectivity index (χ3n) is 4.40. The lowest BCUT2D eigenvalue weighted by Crippen LogP contribution is -2.48. The molecule has 1 aliphatic heterocycles. The van der Waals surface area contributed by atoms with Crippen LogP contribution in [0.25, 0.3) is 0 Å². The number of amides is 2. The zero-order chi connectivity index (χ0) is 21.1. The van der Waals surface area contributed by atoms with E-state index in [4.69, 9.17) is 0 Å². The molecule has 0 aliphatic carbocycles. The van der Waals surface area contributed by atoms with E-state index in [0.29, 0.717) is 31.7 Å². The lowest BCUT2D eigenvalue weighted by atomic mass is 10.1. The highest BCUT2D eigenvalue weighted by atomic mass is 32.2. The molecule has 1 aromatic heterocycles. The summed E-state index contributed by atoms with van der Waals surface area (Å²) in [5, 5.41) is 0. The van der Waals surface area contributed by atoms with Gasteiger partial charge in [0, 0.05) is 61.8 Å². The second kappa shape index (κ2) is 12.1. The standard InChI is InChI=1S/C16H23N3O2S.C5H6N2/c1-3-10-22-17-15-5-4-14(11-13(15)2)16(21)19-8-6-18(12-20)7-9-19;1-5-4-6-2-3-7-5/h4-5,11-12,17H,3,6-10H2,1-2H3;2-4H,1H3. The van der Waals surface area contributed by atoms with E-state index in [0.717, 1.165) is 35.5 Å². The number of rotatable bonds is 6. The van der Waals surface area contributed by atoms with E-state index in [-0.39, 0.29) is 5.91 Å². The molecule has 1 aliphatic rings. The molecule has 0 unspecified atom stereocenters. The van der Waals surface area contributed by atoms with Crippen LogP contribution in [0.3, 0.4) is 0 Å². The molecule has 1 saturated heterocycles. The molecule has 8 heteroatoms. The number of carbonyl (C=O) groups is 2. The van der Waals surface area contributed by atoms with Crippen molar-refractivity contribution in [3.05, 3.63) is 53.6 Å². The van der Waals surface area contributed by atoms with Gasteiger partial charge in [0.05, 0.1) is 5.69 Å². The average molecular weight is 416 g/mol. The molecule has 0 spiro atoms. The highest BCUT2D eigenvalue weighted by molar-refractivity contribution is 8.00. The number of nitrogens with zero attached hydrogens (tertiary/aromatic N) is 4. The van der Waals surface area contributed by atoms with Crippen LogP contribution in [-0.4, -0.2) is 64.0 Å². The quantitative estimate of drug-likeness (QED) is 0.444. The first kappa shape index (κ1) is 22.7. The second-order valence-electron chi connectivity index (χ2n) is 6.76. The smallest absolute Gasteiger partial charge is 0.253 e. The Hall–Kier alpha value is -2.61. The van der Waals surface area contributed by atoms with E-state index in [2.05, 4.69) is 21.6 Å². The minimum atomic E-state index is 0.0430. The molecular formula is C21H29N5O2S. The van der Waals surface area contributed by atoms with Gasteiger partial charge in [0.15, 0.2) is 0 Å². The summed E-state index contributed by atoms with van der Waals surface area (Å²) in [6, 6.07) is 5.77. The monoisotopic (exact) mass is 415 g/mol. The predicted molar refractivity (Wildman–Crippen MR) is 118 cm³/mol. The fourth-order valence-corrected chi connectivity index (χ4v) is 3.42. The van der Waals surface area contributed by atoms with Crippen molar-refractivity contribution in [1.82, 2.24) is 19.8 Å². The number of hydrogen-bond donors (Lipinski definition) is 1. The van der Waals surface area contributed by atoms with Crippen molar-refractivity contribution in [2.75, 3.05) is 36.7 Å². The Balaban J connectivity index is 0.000000360. The highest BCUT2D eigenvalue weighted by Crippen LogP contribution is 2.21. The average Bonchev–Trinajstić information content (AvgIpc) is 2.75. The Morgan fingerprint density at radius 3 is 2.48 bits per heavy atom. The zero-order valence-corrected chi connectivity index (χ0v) is 18.1. The van der Waals surface area contributed by atoms with Crippen LogP contribution in [-0.2, 0) is 4.79 Å². The fraction of sp³-hybridized carbons (Fsp3) is 0.429. The zero-order valence-electron chi connectivity index (χ0n) is 17.3. The lowest BCUT2D eigenvalue weighted by Gasteiger charge is -2.32. The Bertz CT molecular complexity index is 780. The largest absolute Gasteiger partial charge is 0.342 e. The van der Waals surface area contributed by atoms with Gasteiger partial charge in [-0.25, -0.2) is 0 Å². The Labute approximate surface area is 177 Å². The first-order chi connectivity index (χ1) is 14.0. The van der Waals surface area contributed by atoms with Crippen molar-refractivity contribution in [1.29, 1.82) is 0 Å². The van der Waals surface area contributed by atoms with Gasteiger partial charge < -0.3 is 14.5 Å². The summed E-state index contributed by atoms with van der Waals surface area (Å²) in [5.41, 5.74) is 3.80. The SMILES string of the molecule is CCCSNc1ccc(C(=O)N2CCN(C=O)CC2)cc1C.Cc1cnccn1. The molecule has 0 saturated carbocycles. The molecule has 2 heterocycles. The lowest BCUT2D eigenvalue weighted by molar-refractivity contribution is -0.119. The summed E-state index contributed by atoms with van der Waals surface area (Å²) in [6.07, 6.45) is 7.03. The van der Waals surface area contributed by atoms with E-state index >= 15 is 0 Å². The number of aromatic nitrogens is 2. The maximum absolute atomic E-state index is 12.5. The number of nitrogens with one attached hydrogen (secondary N) is 1. The molecule has 0 bridgehead atoms. The maximum Gasteiger partial charge on any atom is 0.253 e. The van der Waals surface area contributed by atoms with Crippen molar-refractivity contribution in [2.45, 2.75) is 27.2 Å². The molecule has 2 amide bonds. The second-order valence-corrected chi connectivity index (χ2v) is 7.66. The van der Waals surface area contributed by atoms with Crippen molar-refractivity contribution in [2.24, 2.45) is 0 Å². The van der Waals surface area contributed by atoms with E-state index < -0.39 is 0 Å². The Morgan fingerprint density at radius 1 is 1.21 bits per heavy atom. The summed E-state index contributed by atoms with van der Waals surface area (Å²) < 4.78 is 3.32. The van der Waals surface area contributed by atoms with Crippen LogP contribution in [0.2, 0.25) is 0 Å². The molecule has 0 atom stereocenters. The van der Waals surface area contributed by atoms with Gasteiger partial charge in [0.1, 0.15) is 0 Å². The molecule has 1 fully saturated rings. The topological polar surface area (TPSA) is 78.4 Å². The Kier molecular flexibility index (Phi) is 9.43. The normalized spacial score (nSPS) is 13.3. The molecule has 1 aromatic carbocycles. The first-order valence-electron chi connectivity index (χ1n) is 9.74. The van der Waals surface area contributed by atoms with Gasteiger partial charge in [-0.2, -0.15) is 0 Å². The van der Waals surface area contributed by atoms with E-state index in [1.165, 1.54) is 0 Å². The number of anilines is 1. The molecule has 2 aromatic rings. The van der Waals surface area contributed by atoms with Crippen LogP contribution in [0.1, 0.15) is 35.0 Å². The van der Waals surface area contributed by atoms with Gasteiger partial charge in [-0.3, -0.25) is 19.6 Å². The third-order valence-corrected chi connectivity index (χ3v) is 5.38. The van der Waals surface area contributed by atoms with E-state index in [1.807, 2.05) is 36.9 Å². The number of carbonyl (C=O) groups excluding carboxylic acids is 2. The molecule has 0 radical (unpaired) electrons. The van der Waals surface area contributed by atoms with Crippen molar-refractivity contribution < 1.29 is 9.59 Å². The third kappa shape index (κ3) is 7.38. The van der Waals surface area contributed by atoms with Crippen LogP contribution in [0, 0.1) is 13.8 Å². The van der Waals surface area contributed by atoms with Crippen LogP contribution in [0.5, 0.6) is 0 Å². The van der Waals surface area contributed by atoms with E-state index in [1.54, 1.807) is 35.4 Å². The molecule has 156 valence electrons. The van der Waals surface area contributed by atoms with Gasteiger partial charge in [0.2, 0.25) is 6.41 Å². The molecule has 1 N–H and O–H groups in total. The van der Waals surface area contributed by atoms with Gasteiger partial charge in [0.25, 0.3) is 5.91 Å². The summed E-state index contributed by atoms with van der Waals surface area (Å²) in [7, 11) is 0. The summed E-state index contributed by atoms with van der Waals surface area (Å²) in [5.74, 6) is 1.10. The number of hydrogen-bond acceptors (Lipinski definition) is 6. The van der Waals surface area contributed by atoms with Gasteiger partial charge in [-0.1, -0.05) is 18.9 Å². The van der Waals surface area contributed by atoms with Crippen LogP contribution in [0.4, 0.5) is 5.69 Å². The van der Waals surface area contributed by atoms with E-state index in [9.17, 15) is 9.59 Å². The van der Waals surface area contributed by atoms with Crippen molar-refractivity contribution in [3.8, 4) is 0 Å². The molecule has 3 rings (SSSR count). The first-order valence-corrected chi connectivity index (χ1v) is 10.7. The van der Waals surface area contributed by atoms with Crippen LogP contribution in [0.15, 0.2) is 36.8 Å². The maximum atomic E-state index is 12.5. The van der Waals surface area contributed by atoms with Gasteiger partial charge in [-0.15, -0.1) is 0 Å². The molecule has 7 nitrogen and oxygen atoms in total. The molecular weight excluding hydrogens is 386 g/mol. The predicted octanol–water partition coefficient (Wildman–Crippen LogP) is 3.16. The van der Waals surface area contributed by atoms with Gasteiger partial charge >= 0.3 is 0 Å². The summed E-state index contributed by atoms with van der Waals surface area (Å²) >= 11 is 1.68. The number of aryl methyl sites for hydroxylation is 2. The number of piperazine rings is 1. The summed E-state index contributed by atoms with van der Waals surface area (Å²) in [6.45, 7) is 8.49. The summed E-state index contributed by atoms with van der Waals surface area (Å²) in [4.78, 5) is 34.5. The van der Waals surface area contributed by atoms with Crippen molar-refractivity contribution in [3.63, 3.8) is 0 Å². The fourth-order valence-electron chi connectivity index (χ4n) is 2.73. The minimum absolute atomic E-state index is 0.0430. The van der Waals surface area contributed by atoms with Gasteiger partial charge in [-0.05, 0) is 44.0 Å². The van der Waals surface area contributed by atoms with Crippen LogP contribution < -0.4 is 4.72 Å². The highest BCUT2D eigenvalue weighted by Gasteiger charge is 2.21. The van der Waals surface area contributed by atoms with Crippen molar-refractivity contribution >= 4 is 30.0 Å². The minimum Gasteiger partial charge on any atom is -0.342 e. The van der Waals surface area contributed by atoms with Crippen LogP contribution >= 0.6 is 11.9 Å². The Morgan fingerprint density at radius 2 is 1.97 bits per heavy atom. The number of benzene rings is 1.